The molecule has 2 atom stereocenters. The first-order chi connectivity index (χ1) is 17.5. The lowest BCUT2D eigenvalue weighted by molar-refractivity contribution is 0.0734. The van der Waals surface area contributed by atoms with E-state index in [1.54, 1.807) is 24.3 Å². The third kappa shape index (κ3) is 8.75. The molecule has 1 unspecified atom stereocenters. The van der Waals surface area contributed by atoms with Gasteiger partial charge in [0.15, 0.2) is 0 Å². The summed E-state index contributed by atoms with van der Waals surface area (Å²) in [7, 11) is 0. The second kappa shape index (κ2) is 14.3. The highest BCUT2D eigenvalue weighted by molar-refractivity contribution is 5.91. The number of carbonyl (C=O) groups is 1. The van der Waals surface area contributed by atoms with Crippen molar-refractivity contribution in [1.29, 1.82) is 0 Å². The first kappa shape index (κ1) is 27.3. The number of unbranched alkanes of at least 4 members (excludes halogenated alkanes) is 3. The summed E-state index contributed by atoms with van der Waals surface area (Å²) in [6.07, 6.45) is 7.39. The van der Waals surface area contributed by atoms with Gasteiger partial charge in [-0.15, -0.1) is 0 Å². The van der Waals surface area contributed by atoms with Crippen LogP contribution in [-0.2, 0) is 0 Å². The molecule has 0 aliphatic rings. The lowest BCUT2D eigenvalue weighted by Gasteiger charge is -2.15. The highest BCUT2D eigenvalue weighted by atomic mass is 16.5. The minimum atomic E-state index is -0.383. The van der Waals surface area contributed by atoms with Gasteiger partial charge in [0.1, 0.15) is 17.2 Å². The van der Waals surface area contributed by atoms with Crippen molar-refractivity contribution in [2.75, 3.05) is 6.61 Å². The van der Waals surface area contributed by atoms with Gasteiger partial charge in [-0.3, -0.25) is 0 Å². The summed E-state index contributed by atoms with van der Waals surface area (Å²) in [6.45, 7) is 9.34. The van der Waals surface area contributed by atoms with E-state index in [0.717, 1.165) is 35.5 Å². The molecule has 0 aliphatic carbocycles. The van der Waals surface area contributed by atoms with Gasteiger partial charge in [-0.05, 0) is 85.3 Å². The van der Waals surface area contributed by atoms with Crippen molar-refractivity contribution in [2.45, 2.75) is 72.3 Å². The fraction of sp³-hybridized carbons (Fsp3) is 0.406. The number of hydrogen-bond donors (Lipinski definition) is 0. The highest BCUT2D eigenvalue weighted by Gasteiger charge is 2.10. The summed E-state index contributed by atoms with van der Waals surface area (Å²) >= 11 is 0. The zero-order chi connectivity index (χ0) is 25.8. The largest absolute Gasteiger partial charge is 0.493 e. The molecule has 36 heavy (non-hydrogen) atoms. The van der Waals surface area contributed by atoms with Crippen molar-refractivity contribution in [3.05, 3.63) is 78.4 Å². The van der Waals surface area contributed by atoms with E-state index in [2.05, 4.69) is 39.8 Å². The molecule has 192 valence electrons. The van der Waals surface area contributed by atoms with Crippen LogP contribution < -0.4 is 14.2 Å². The fourth-order valence-corrected chi connectivity index (χ4v) is 3.80. The van der Waals surface area contributed by atoms with Gasteiger partial charge in [0.2, 0.25) is 0 Å². The molecule has 3 aromatic carbocycles. The summed E-state index contributed by atoms with van der Waals surface area (Å²) in [6, 6.07) is 22.8. The van der Waals surface area contributed by atoms with Crippen LogP contribution in [0.2, 0.25) is 0 Å². The van der Waals surface area contributed by atoms with Crippen LogP contribution in [-0.4, -0.2) is 18.7 Å². The average molecular weight is 489 g/mol. The van der Waals surface area contributed by atoms with E-state index in [1.165, 1.54) is 25.7 Å². The Kier molecular flexibility index (Phi) is 10.9. The molecule has 0 saturated carbocycles. The van der Waals surface area contributed by atoms with E-state index in [-0.39, 0.29) is 12.1 Å². The van der Waals surface area contributed by atoms with Crippen molar-refractivity contribution in [3.8, 4) is 28.4 Å². The third-order valence-corrected chi connectivity index (χ3v) is 6.38. The molecule has 0 spiro atoms. The predicted octanol–water partition coefficient (Wildman–Crippen LogP) is 8.74. The van der Waals surface area contributed by atoms with Crippen LogP contribution in [0.1, 0.15) is 76.6 Å². The Morgan fingerprint density at radius 2 is 1.31 bits per heavy atom. The van der Waals surface area contributed by atoms with Gasteiger partial charge in [-0.25, -0.2) is 4.79 Å². The third-order valence-electron chi connectivity index (χ3n) is 6.38. The van der Waals surface area contributed by atoms with E-state index >= 15 is 0 Å². The molecule has 0 fully saturated rings. The minimum Gasteiger partial charge on any atom is -0.493 e. The van der Waals surface area contributed by atoms with Crippen molar-refractivity contribution in [1.82, 2.24) is 0 Å². The van der Waals surface area contributed by atoms with Gasteiger partial charge in [0.25, 0.3) is 0 Å². The Hall–Kier alpha value is -3.27. The van der Waals surface area contributed by atoms with Crippen LogP contribution in [0, 0.1) is 5.92 Å². The lowest BCUT2D eigenvalue weighted by Crippen LogP contribution is -2.11. The number of ether oxygens (including phenoxy) is 3. The monoisotopic (exact) mass is 488 g/mol. The summed E-state index contributed by atoms with van der Waals surface area (Å²) in [5, 5.41) is 0. The highest BCUT2D eigenvalue weighted by Crippen LogP contribution is 2.25. The number of benzene rings is 3. The summed E-state index contributed by atoms with van der Waals surface area (Å²) < 4.78 is 17.4. The first-order valence-electron chi connectivity index (χ1n) is 13.3. The SMILES string of the molecule is CCCCCCC(C)Oc1ccc(-c2ccc(C(=O)Oc3ccc(OC[C@@H](C)CC)cc3)cc2)cc1. The maximum atomic E-state index is 12.6. The Morgan fingerprint density at radius 1 is 0.722 bits per heavy atom. The fourth-order valence-electron chi connectivity index (χ4n) is 3.80. The lowest BCUT2D eigenvalue weighted by atomic mass is 10.0. The topological polar surface area (TPSA) is 44.8 Å². The number of esters is 1. The summed E-state index contributed by atoms with van der Waals surface area (Å²) in [5.41, 5.74) is 2.62. The van der Waals surface area contributed by atoms with Gasteiger partial charge < -0.3 is 14.2 Å². The standard InChI is InChI=1S/C32H40O4/c1-5-7-8-9-10-25(4)35-30-17-15-27(16-18-30)26-11-13-28(14-12-26)32(33)36-31-21-19-29(20-22-31)34-23-24(3)6-2/h11-22,24-25H,5-10,23H2,1-4H3/t24-,25?/m0/s1. The number of hydrogen-bond acceptors (Lipinski definition) is 4. The van der Waals surface area contributed by atoms with Crippen molar-refractivity contribution in [3.63, 3.8) is 0 Å². The molecule has 3 aromatic rings. The Morgan fingerprint density at radius 3 is 1.92 bits per heavy atom. The van der Waals surface area contributed by atoms with Crippen LogP contribution in [0.4, 0.5) is 0 Å². The Bertz CT molecular complexity index is 1040. The van der Waals surface area contributed by atoms with Crippen LogP contribution >= 0.6 is 0 Å². The van der Waals surface area contributed by atoms with Crippen molar-refractivity contribution >= 4 is 5.97 Å². The van der Waals surface area contributed by atoms with E-state index in [9.17, 15) is 4.79 Å². The van der Waals surface area contributed by atoms with Crippen LogP contribution in [0.3, 0.4) is 0 Å². The second-order valence-electron chi connectivity index (χ2n) is 9.56. The maximum absolute atomic E-state index is 12.6. The first-order valence-corrected chi connectivity index (χ1v) is 13.3. The van der Waals surface area contributed by atoms with Crippen molar-refractivity contribution < 1.29 is 19.0 Å². The molecule has 0 radical (unpaired) electrons. The minimum absolute atomic E-state index is 0.214. The van der Waals surface area contributed by atoms with E-state index < -0.39 is 0 Å². The maximum Gasteiger partial charge on any atom is 0.343 e. The zero-order valence-corrected chi connectivity index (χ0v) is 22.2. The molecule has 3 rings (SSSR count). The second-order valence-corrected chi connectivity index (χ2v) is 9.56. The molecule has 0 bridgehead atoms. The van der Waals surface area contributed by atoms with Crippen LogP contribution in [0.15, 0.2) is 72.8 Å². The molecular formula is C32H40O4. The van der Waals surface area contributed by atoms with E-state index in [1.807, 2.05) is 36.4 Å². The smallest absolute Gasteiger partial charge is 0.343 e. The van der Waals surface area contributed by atoms with Gasteiger partial charge in [-0.2, -0.15) is 0 Å². The van der Waals surface area contributed by atoms with E-state index in [0.29, 0.717) is 23.8 Å². The molecule has 0 aliphatic heterocycles. The van der Waals surface area contributed by atoms with Crippen LogP contribution in [0.5, 0.6) is 17.2 Å². The number of rotatable bonds is 14. The molecule has 0 amide bonds. The van der Waals surface area contributed by atoms with Crippen molar-refractivity contribution in [2.24, 2.45) is 5.92 Å². The summed E-state index contributed by atoms with van der Waals surface area (Å²) in [4.78, 5) is 12.6. The average Bonchev–Trinajstić information content (AvgIpc) is 2.91. The van der Waals surface area contributed by atoms with Gasteiger partial charge >= 0.3 is 5.97 Å². The Labute approximate surface area is 216 Å². The quantitative estimate of drug-likeness (QED) is 0.129. The van der Waals surface area contributed by atoms with Gasteiger partial charge in [0, 0.05) is 0 Å². The molecule has 0 heterocycles. The molecule has 0 N–H and O–H groups in total. The normalized spacial score (nSPS) is 12.6. The number of carbonyl (C=O) groups excluding carboxylic acids is 1. The van der Waals surface area contributed by atoms with Crippen LogP contribution in [0.25, 0.3) is 11.1 Å². The predicted molar refractivity (Wildman–Crippen MR) is 147 cm³/mol. The van der Waals surface area contributed by atoms with Gasteiger partial charge in [-0.1, -0.05) is 70.7 Å². The summed E-state index contributed by atoms with van der Waals surface area (Å²) in [5.74, 6) is 2.28. The molecule has 0 saturated heterocycles. The molecule has 4 nitrogen and oxygen atoms in total. The molecule has 0 aromatic heterocycles. The Balaban J connectivity index is 1.51. The molecular weight excluding hydrogens is 448 g/mol. The zero-order valence-electron chi connectivity index (χ0n) is 22.2. The van der Waals surface area contributed by atoms with Gasteiger partial charge in [0.05, 0.1) is 18.3 Å². The van der Waals surface area contributed by atoms with E-state index in [4.69, 9.17) is 14.2 Å². The molecule has 4 heteroatoms.